The van der Waals surface area contributed by atoms with E-state index in [0.29, 0.717) is 12.3 Å². The highest BCUT2D eigenvalue weighted by Gasteiger charge is 2.24. The second kappa shape index (κ2) is 3.12. The van der Waals surface area contributed by atoms with Gasteiger partial charge in [-0.2, -0.15) is 0 Å². The molecule has 1 saturated heterocycles. The minimum atomic E-state index is 0.161. The van der Waals surface area contributed by atoms with Crippen LogP contribution in [-0.4, -0.2) is 12.5 Å². The van der Waals surface area contributed by atoms with Gasteiger partial charge in [0.05, 0.1) is 0 Å². The first-order valence-corrected chi connectivity index (χ1v) is 5.13. The van der Waals surface area contributed by atoms with Crippen LogP contribution in [0.3, 0.4) is 0 Å². The predicted octanol–water partition coefficient (Wildman–Crippen LogP) is 2.56. The summed E-state index contributed by atoms with van der Waals surface area (Å²) >= 11 is 0. The van der Waals surface area contributed by atoms with Crippen molar-refractivity contribution in [2.75, 3.05) is 11.4 Å². The Labute approximate surface area is 87.3 Å². The maximum absolute atomic E-state index is 11.5. The van der Waals surface area contributed by atoms with Gasteiger partial charge >= 0.3 is 0 Å². The molecule has 1 aliphatic rings. The molecular formula is C12H11NO2. The molecule has 1 amide bonds. The highest BCUT2D eigenvalue weighted by Crippen LogP contribution is 2.28. The van der Waals surface area contributed by atoms with Gasteiger partial charge in [0.1, 0.15) is 5.58 Å². The van der Waals surface area contributed by atoms with E-state index in [4.69, 9.17) is 4.42 Å². The van der Waals surface area contributed by atoms with Crippen LogP contribution in [0.4, 0.5) is 5.88 Å². The van der Waals surface area contributed by atoms with Gasteiger partial charge in [-0.3, -0.25) is 9.69 Å². The molecule has 76 valence electrons. The Kier molecular flexibility index (Phi) is 1.78. The minimum Gasteiger partial charge on any atom is -0.440 e. The van der Waals surface area contributed by atoms with Crippen LogP contribution in [0.15, 0.2) is 34.7 Å². The summed E-state index contributed by atoms with van der Waals surface area (Å²) in [5.41, 5.74) is 0.840. The van der Waals surface area contributed by atoms with Crippen molar-refractivity contribution in [1.82, 2.24) is 0 Å². The fourth-order valence-electron chi connectivity index (χ4n) is 1.98. The predicted molar refractivity (Wildman–Crippen MR) is 57.8 cm³/mol. The van der Waals surface area contributed by atoms with Crippen LogP contribution in [0.1, 0.15) is 12.8 Å². The fourth-order valence-corrected chi connectivity index (χ4v) is 1.98. The van der Waals surface area contributed by atoms with Gasteiger partial charge in [0.2, 0.25) is 11.8 Å². The second-order valence-corrected chi connectivity index (χ2v) is 3.77. The smallest absolute Gasteiger partial charge is 0.229 e. The molecule has 3 rings (SSSR count). The van der Waals surface area contributed by atoms with Crippen molar-refractivity contribution < 1.29 is 9.21 Å². The van der Waals surface area contributed by atoms with Gasteiger partial charge in [-0.1, -0.05) is 18.2 Å². The molecule has 0 atom stereocenters. The van der Waals surface area contributed by atoms with Crippen LogP contribution in [-0.2, 0) is 4.79 Å². The summed E-state index contributed by atoms with van der Waals surface area (Å²) in [6.45, 7) is 0.776. The molecular weight excluding hydrogens is 190 g/mol. The molecule has 2 aromatic rings. The van der Waals surface area contributed by atoms with Gasteiger partial charge in [0.15, 0.2) is 0 Å². The zero-order chi connectivity index (χ0) is 10.3. The van der Waals surface area contributed by atoms with Crippen molar-refractivity contribution in [1.29, 1.82) is 0 Å². The van der Waals surface area contributed by atoms with Gasteiger partial charge in [0, 0.05) is 24.4 Å². The van der Waals surface area contributed by atoms with Gasteiger partial charge in [0.25, 0.3) is 0 Å². The lowest BCUT2D eigenvalue weighted by Crippen LogP contribution is -2.22. The molecule has 15 heavy (non-hydrogen) atoms. The molecule has 0 aliphatic carbocycles. The third kappa shape index (κ3) is 1.31. The first-order chi connectivity index (χ1) is 7.34. The van der Waals surface area contributed by atoms with Crippen LogP contribution >= 0.6 is 0 Å². The highest BCUT2D eigenvalue weighted by molar-refractivity contribution is 5.96. The SMILES string of the molecule is O=C1CCCN1c1cc2ccccc2o1. The quantitative estimate of drug-likeness (QED) is 0.710. The number of nitrogens with zero attached hydrogens (tertiary/aromatic N) is 1. The summed E-state index contributed by atoms with van der Waals surface area (Å²) in [6, 6.07) is 9.73. The summed E-state index contributed by atoms with van der Waals surface area (Å²) < 4.78 is 5.63. The third-order valence-corrected chi connectivity index (χ3v) is 2.75. The van der Waals surface area contributed by atoms with Crippen molar-refractivity contribution in [2.24, 2.45) is 0 Å². The van der Waals surface area contributed by atoms with E-state index in [2.05, 4.69) is 0 Å². The Balaban J connectivity index is 2.08. The fraction of sp³-hybridized carbons (Fsp3) is 0.250. The zero-order valence-corrected chi connectivity index (χ0v) is 8.27. The molecule has 0 bridgehead atoms. The van der Waals surface area contributed by atoms with E-state index >= 15 is 0 Å². The highest BCUT2D eigenvalue weighted by atomic mass is 16.4. The topological polar surface area (TPSA) is 33.5 Å². The van der Waals surface area contributed by atoms with Crippen molar-refractivity contribution in [2.45, 2.75) is 12.8 Å². The Morgan fingerprint density at radius 1 is 1.27 bits per heavy atom. The number of para-hydroxylation sites is 1. The molecule has 0 radical (unpaired) electrons. The van der Waals surface area contributed by atoms with E-state index in [-0.39, 0.29) is 5.91 Å². The summed E-state index contributed by atoms with van der Waals surface area (Å²) in [4.78, 5) is 13.2. The van der Waals surface area contributed by atoms with E-state index < -0.39 is 0 Å². The van der Waals surface area contributed by atoms with E-state index in [9.17, 15) is 4.79 Å². The van der Waals surface area contributed by atoms with Crippen LogP contribution < -0.4 is 4.90 Å². The lowest BCUT2D eigenvalue weighted by atomic mass is 10.3. The van der Waals surface area contributed by atoms with Crippen molar-refractivity contribution in [3.63, 3.8) is 0 Å². The molecule has 1 fully saturated rings. The van der Waals surface area contributed by atoms with Crippen LogP contribution in [0.25, 0.3) is 11.0 Å². The molecule has 0 saturated carbocycles. The number of rotatable bonds is 1. The standard InChI is InChI=1S/C12H11NO2/c14-11-6-3-7-13(11)12-8-9-4-1-2-5-10(9)15-12/h1-2,4-5,8H,3,6-7H2. The minimum absolute atomic E-state index is 0.161. The number of furan rings is 1. The molecule has 0 spiro atoms. The van der Waals surface area contributed by atoms with Gasteiger partial charge in [-0.15, -0.1) is 0 Å². The van der Waals surface area contributed by atoms with E-state index in [0.717, 1.165) is 23.9 Å². The van der Waals surface area contributed by atoms with E-state index in [1.165, 1.54) is 0 Å². The zero-order valence-electron chi connectivity index (χ0n) is 8.27. The second-order valence-electron chi connectivity index (χ2n) is 3.77. The lowest BCUT2D eigenvalue weighted by Gasteiger charge is -2.10. The Hall–Kier alpha value is -1.77. The van der Waals surface area contributed by atoms with E-state index in [1.807, 2.05) is 30.3 Å². The largest absolute Gasteiger partial charge is 0.440 e. The van der Waals surface area contributed by atoms with Gasteiger partial charge < -0.3 is 4.42 Å². The monoisotopic (exact) mass is 201 g/mol. The Morgan fingerprint density at radius 2 is 2.13 bits per heavy atom. The lowest BCUT2D eigenvalue weighted by molar-refractivity contribution is -0.117. The summed E-state index contributed by atoms with van der Waals surface area (Å²) in [6.07, 6.45) is 1.56. The van der Waals surface area contributed by atoms with Crippen molar-refractivity contribution in [3.05, 3.63) is 30.3 Å². The molecule has 1 aromatic carbocycles. The first kappa shape index (κ1) is 8.53. The number of carbonyl (C=O) groups is 1. The van der Waals surface area contributed by atoms with Crippen LogP contribution in [0.5, 0.6) is 0 Å². The molecule has 1 aromatic heterocycles. The molecule has 0 unspecified atom stereocenters. The number of carbonyl (C=O) groups excluding carboxylic acids is 1. The normalized spacial score (nSPS) is 16.5. The number of hydrogen-bond donors (Lipinski definition) is 0. The first-order valence-electron chi connectivity index (χ1n) is 5.13. The molecule has 2 heterocycles. The van der Waals surface area contributed by atoms with E-state index in [1.54, 1.807) is 4.90 Å². The number of anilines is 1. The van der Waals surface area contributed by atoms with Gasteiger partial charge in [-0.05, 0) is 12.5 Å². The van der Waals surface area contributed by atoms with Crippen molar-refractivity contribution >= 4 is 22.8 Å². The third-order valence-electron chi connectivity index (χ3n) is 2.75. The number of benzene rings is 1. The number of hydrogen-bond acceptors (Lipinski definition) is 2. The summed E-state index contributed by atoms with van der Waals surface area (Å²) in [5, 5.41) is 1.05. The molecule has 3 heteroatoms. The summed E-state index contributed by atoms with van der Waals surface area (Å²) in [5.74, 6) is 0.841. The average molecular weight is 201 g/mol. The van der Waals surface area contributed by atoms with Crippen LogP contribution in [0, 0.1) is 0 Å². The number of amides is 1. The maximum Gasteiger partial charge on any atom is 0.229 e. The van der Waals surface area contributed by atoms with Gasteiger partial charge in [-0.25, -0.2) is 0 Å². The molecule has 0 N–H and O–H groups in total. The molecule has 3 nitrogen and oxygen atoms in total. The number of fused-ring (bicyclic) bond motifs is 1. The van der Waals surface area contributed by atoms with Crippen molar-refractivity contribution in [3.8, 4) is 0 Å². The summed E-state index contributed by atoms with van der Waals surface area (Å²) in [7, 11) is 0. The maximum atomic E-state index is 11.5. The molecule has 1 aliphatic heterocycles. The Bertz CT molecular complexity index is 482. The van der Waals surface area contributed by atoms with Crippen LogP contribution in [0.2, 0.25) is 0 Å². The average Bonchev–Trinajstić information content (AvgIpc) is 2.82. The Morgan fingerprint density at radius 3 is 2.87 bits per heavy atom.